The molecule has 564 valence electrons. The molecule has 3 saturated carbocycles. The van der Waals surface area contributed by atoms with Crippen molar-refractivity contribution >= 4 is 45.5 Å². The van der Waals surface area contributed by atoms with Crippen molar-refractivity contribution in [1.82, 2.24) is 20.6 Å². The zero-order valence-electron chi connectivity index (χ0n) is 67.5. The Balaban J connectivity index is 0.000000138. The molecule has 15 rings (SSSR count). The molecule has 0 aliphatic heterocycles. The maximum Gasteiger partial charge on any atom is 0.258 e. The molecule has 0 spiro atoms. The average Bonchev–Trinajstić information content (AvgIpc) is 1.68. The predicted molar refractivity (Wildman–Crippen MR) is 449 cm³/mol. The summed E-state index contributed by atoms with van der Waals surface area (Å²) in [6.07, 6.45) is 9.31. The fourth-order valence-electron chi connectivity index (χ4n) is 15.8. The summed E-state index contributed by atoms with van der Waals surface area (Å²) in [6, 6.07) is 59.5. The summed E-state index contributed by atoms with van der Waals surface area (Å²) in [5.41, 5.74) is 29.2. The summed E-state index contributed by atoms with van der Waals surface area (Å²) < 4.78 is 21.4. The van der Waals surface area contributed by atoms with Gasteiger partial charge in [-0.3, -0.25) is 0 Å². The van der Waals surface area contributed by atoms with E-state index >= 15 is 0 Å². The van der Waals surface area contributed by atoms with E-state index in [2.05, 4.69) is 273 Å². The molecule has 111 heavy (non-hydrogen) atoms. The smallest absolute Gasteiger partial charge is 0.258 e. The molecule has 16 heteroatoms. The lowest BCUT2D eigenvalue weighted by Gasteiger charge is -2.31. The van der Waals surface area contributed by atoms with Crippen LogP contribution in [0.5, 0.6) is 0 Å². The Hall–Kier alpha value is -12.2. The van der Waals surface area contributed by atoms with Crippen molar-refractivity contribution in [1.29, 1.82) is 0 Å². The summed E-state index contributed by atoms with van der Waals surface area (Å²) in [5, 5.41) is 16.3. The second-order valence-electron chi connectivity index (χ2n) is 30.9. The average molecular weight is 1470 g/mol. The Kier molecular flexibility index (Phi) is 22.7. The molecule has 4 heterocycles. The Morgan fingerprint density at radius 2 is 0.550 bits per heavy atom. The minimum absolute atomic E-state index is 0.254. The third kappa shape index (κ3) is 15.9. The first kappa shape index (κ1) is 78.3. The van der Waals surface area contributed by atoms with Gasteiger partial charge in [-0.15, -0.1) is 0 Å². The van der Waals surface area contributed by atoms with Gasteiger partial charge in [0.25, 0.3) is 22.2 Å². The van der Waals surface area contributed by atoms with Crippen molar-refractivity contribution in [2.45, 2.75) is 177 Å². The topological polar surface area (TPSA) is 135 Å². The molecule has 3 aliphatic rings. The van der Waals surface area contributed by atoms with Crippen molar-refractivity contribution in [3.8, 4) is 44.5 Å². The van der Waals surface area contributed by atoms with Gasteiger partial charge in [-0.1, -0.05) is 69.2 Å². The third-order valence-corrected chi connectivity index (χ3v) is 23.2. The van der Waals surface area contributed by atoms with E-state index in [1.807, 2.05) is 81.4 Å². The highest BCUT2D eigenvalue weighted by Gasteiger charge is 2.52. The minimum atomic E-state index is -0.504. The van der Waals surface area contributed by atoms with Crippen LogP contribution in [0.4, 0.5) is 45.5 Å². The Labute approximate surface area is 655 Å². The molecule has 0 atom stereocenters. The highest BCUT2D eigenvalue weighted by molar-refractivity contribution is 5.81. The second kappa shape index (κ2) is 32.1. The monoisotopic (exact) mass is 1470 g/mol. The van der Waals surface area contributed by atoms with Crippen LogP contribution in [0.1, 0.15) is 162 Å². The molecule has 8 aromatic carbocycles. The highest BCUT2D eigenvalue weighted by Crippen LogP contribution is 2.51. The molecule has 12 aromatic rings. The van der Waals surface area contributed by atoms with Gasteiger partial charge in [0, 0.05) is 171 Å². The summed E-state index contributed by atoms with van der Waals surface area (Å²) in [5.74, 6) is 3.34. The molecule has 4 aromatic heterocycles. The van der Waals surface area contributed by atoms with Gasteiger partial charge < -0.3 is 57.1 Å². The number of benzene rings is 8. The molecule has 0 unspecified atom stereocenters. The second-order valence-corrected chi connectivity index (χ2v) is 30.9. The van der Waals surface area contributed by atoms with Crippen LogP contribution in [0.3, 0.4) is 0 Å². The molecule has 0 saturated heterocycles. The van der Waals surface area contributed by atoms with E-state index in [1.54, 1.807) is 0 Å². The van der Waals surface area contributed by atoms with Crippen LogP contribution in [0.25, 0.3) is 63.9 Å². The summed E-state index contributed by atoms with van der Waals surface area (Å²) >= 11 is 0. The van der Waals surface area contributed by atoms with E-state index in [0.29, 0.717) is 0 Å². The SMILES string of the molecule is [C-]#[N+]C(C)(C)c1ccc(N(C)c2cc(-c3c(C)noc3C)ccc2C)cc1.[C-]#[N+]C1(c2ccc(N(C)c3cc(-c4c(C)noc4C)ccc3C)cc2)CC1.[C-]#[N+]C1(c2ccc(N(C)c3cc(-c4c(C)noc4C)ccc3C)cc2)CCC1.[C-]#[N+]C1(c2ccc(N(C)c3cc(-c4c(C)noc4C)ccc3C)cc2)CCCC1. The first-order chi connectivity index (χ1) is 53.1. The number of hydrogen-bond acceptors (Lipinski definition) is 12. The van der Waals surface area contributed by atoms with Gasteiger partial charge in [0.2, 0.25) is 0 Å². The largest absolute Gasteiger partial charge is 0.361 e. The lowest BCUT2D eigenvalue weighted by Crippen LogP contribution is -2.30. The number of anilines is 8. The van der Waals surface area contributed by atoms with Crippen LogP contribution in [0.2, 0.25) is 0 Å². The maximum absolute atomic E-state index is 7.71. The van der Waals surface area contributed by atoms with Crippen LogP contribution >= 0.6 is 0 Å². The van der Waals surface area contributed by atoms with Gasteiger partial charge in [-0.2, -0.15) is 0 Å². The van der Waals surface area contributed by atoms with Gasteiger partial charge in [0.15, 0.2) is 0 Å². The van der Waals surface area contributed by atoms with Crippen molar-refractivity contribution in [3.05, 3.63) is 306 Å². The van der Waals surface area contributed by atoms with E-state index in [1.165, 1.54) is 22.3 Å². The van der Waals surface area contributed by atoms with Crippen LogP contribution in [0, 0.1) is 109 Å². The summed E-state index contributed by atoms with van der Waals surface area (Å²) in [4.78, 5) is 24.3. The van der Waals surface area contributed by atoms with Crippen molar-refractivity contribution < 1.29 is 18.1 Å². The molecule has 0 N–H and O–H groups in total. The van der Waals surface area contributed by atoms with E-state index in [-0.39, 0.29) is 16.6 Å². The number of nitrogens with zero attached hydrogens (tertiary/aromatic N) is 12. The lowest BCUT2D eigenvalue weighted by atomic mass is 9.72. The minimum Gasteiger partial charge on any atom is -0.361 e. The van der Waals surface area contributed by atoms with Gasteiger partial charge in [-0.05, 0) is 268 Å². The third-order valence-electron chi connectivity index (χ3n) is 23.2. The van der Waals surface area contributed by atoms with E-state index < -0.39 is 5.54 Å². The van der Waals surface area contributed by atoms with Crippen LogP contribution < -0.4 is 19.6 Å². The molecule has 16 nitrogen and oxygen atoms in total. The van der Waals surface area contributed by atoms with Gasteiger partial charge in [0.05, 0.1) is 22.8 Å². The van der Waals surface area contributed by atoms with Crippen LogP contribution in [0.15, 0.2) is 188 Å². The highest BCUT2D eigenvalue weighted by atomic mass is 16.5. The molecular weight excluding hydrogens is 1370 g/mol. The quantitative estimate of drug-likeness (QED) is 0.0852. The van der Waals surface area contributed by atoms with Gasteiger partial charge in [-0.25, -0.2) is 26.3 Å². The van der Waals surface area contributed by atoms with E-state index in [9.17, 15) is 0 Å². The lowest BCUT2D eigenvalue weighted by molar-refractivity contribution is 0.310. The number of aromatic nitrogens is 4. The number of aryl methyl sites for hydroxylation is 12. The fraction of sp³-hybridized carbons (Fsp3) is 0.326. The van der Waals surface area contributed by atoms with Crippen LogP contribution in [-0.4, -0.2) is 48.8 Å². The van der Waals surface area contributed by atoms with E-state index in [4.69, 9.17) is 44.4 Å². The number of rotatable bonds is 16. The summed E-state index contributed by atoms with van der Waals surface area (Å²) in [7, 11) is 8.32. The molecule has 0 bridgehead atoms. The Bertz CT molecular complexity index is 5300. The zero-order valence-corrected chi connectivity index (χ0v) is 67.5. The Morgan fingerprint density at radius 1 is 0.315 bits per heavy atom. The van der Waals surface area contributed by atoms with E-state index in [0.717, 1.165) is 216 Å². The first-order valence-electron chi connectivity index (χ1n) is 38.2. The van der Waals surface area contributed by atoms with Gasteiger partial charge >= 0.3 is 0 Å². The summed E-state index contributed by atoms with van der Waals surface area (Å²) in [6.45, 7) is 58.1. The molecule has 3 aliphatic carbocycles. The van der Waals surface area contributed by atoms with Gasteiger partial charge in [0.1, 0.15) is 23.0 Å². The molecule has 0 amide bonds. The van der Waals surface area contributed by atoms with Crippen molar-refractivity contribution in [3.63, 3.8) is 0 Å². The predicted octanol–water partition coefficient (Wildman–Crippen LogP) is 25.2. The van der Waals surface area contributed by atoms with Crippen molar-refractivity contribution in [2.75, 3.05) is 47.8 Å². The molecular formula is C95H100N12O4. The fourth-order valence-corrected chi connectivity index (χ4v) is 15.8. The molecule has 3 fully saturated rings. The van der Waals surface area contributed by atoms with Crippen molar-refractivity contribution in [2.24, 2.45) is 0 Å². The maximum atomic E-state index is 7.71. The normalized spacial score (nSPS) is 14.1. The standard InChI is InChI=1S/C25H27N3O.C24H25N3O.C23H23N3O.C23H25N3O/c1-17-8-9-20(24-18(2)27-29-19(24)3)16-23(17)28(5)22-12-10-21(11-13-22)25(26-4)14-6-7-15-25;1-16-7-8-19(23-17(2)26-28-18(23)3)15-22(16)27(5)21-11-9-20(10-12-21)24(25-4)13-6-14-24;1-15-6-7-18(22-16(2)25-27-17(22)3)14-21(15)26(5)20-10-8-19(9-11-20)23(24-4)12-13-23;1-15-8-9-18(22-16(2)25-27-17(22)3)14-21(15)26(7)20-12-10-19(11-13-20)23(4,5)24-6/h8-13,16H,6-7,14-15H2,1-3,5H3;7-12,15H,6,13-14H2,1-3,5H3;6-11,14H,12-13H2,1-3,5H3;8-14H,1-5,7H3. The first-order valence-corrected chi connectivity index (χ1v) is 38.2. The number of hydrogen-bond donors (Lipinski definition) is 0. The molecule has 0 radical (unpaired) electrons. The zero-order chi connectivity index (χ0) is 79.4. The van der Waals surface area contributed by atoms with Crippen LogP contribution in [-0.2, 0) is 22.2 Å². The Morgan fingerprint density at radius 3 is 0.748 bits per heavy atom.